The highest BCUT2D eigenvalue weighted by Gasteiger charge is 2.20. The average molecular weight is 450 g/mol. The second-order valence-electron chi connectivity index (χ2n) is 8.16. The van der Waals surface area contributed by atoms with Crippen LogP contribution in [-0.2, 0) is 11.2 Å². The summed E-state index contributed by atoms with van der Waals surface area (Å²) in [6, 6.07) is 3.24. The van der Waals surface area contributed by atoms with E-state index >= 15 is 0 Å². The van der Waals surface area contributed by atoms with Crippen molar-refractivity contribution in [1.29, 1.82) is 0 Å². The predicted octanol–water partition coefficient (Wildman–Crippen LogP) is 4.39. The number of rotatable bonds is 9. The molecule has 1 fully saturated rings. The maximum absolute atomic E-state index is 10.4. The van der Waals surface area contributed by atoms with E-state index in [1.165, 1.54) is 24.4 Å². The molecule has 1 amide bonds. The Bertz CT molecular complexity index is 608. The van der Waals surface area contributed by atoms with Crippen molar-refractivity contribution in [3.05, 3.63) is 27.7 Å². The van der Waals surface area contributed by atoms with Gasteiger partial charge in [-0.25, -0.2) is 0 Å². The standard InChI is InChI=1S/C16H22Cl2N2O2.C4H11NS/c17-14-6-13(16(22)7-15(14)18)5-11(3-4-19-10-21)1-2-12-8-20-9-12;1-4(2,3)6-5/h6-7,10-12,20,22H,1-5,8-9H2,(H,19,21);5H2,1-3H3. The van der Waals surface area contributed by atoms with E-state index in [0.29, 0.717) is 22.5 Å². The van der Waals surface area contributed by atoms with E-state index in [0.717, 1.165) is 50.2 Å². The summed E-state index contributed by atoms with van der Waals surface area (Å²) in [4.78, 5) is 10.4. The smallest absolute Gasteiger partial charge is 0.207 e. The molecule has 1 saturated heterocycles. The molecular weight excluding hydrogens is 417 g/mol. The fourth-order valence-electron chi connectivity index (χ4n) is 2.77. The van der Waals surface area contributed by atoms with Gasteiger partial charge in [-0.2, -0.15) is 0 Å². The molecule has 8 heteroatoms. The van der Waals surface area contributed by atoms with Crippen molar-refractivity contribution in [2.24, 2.45) is 17.0 Å². The summed E-state index contributed by atoms with van der Waals surface area (Å²) in [5.74, 6) is 1.34. The van der Waals surface area contributed by atoms with E-state index in [1.807, 2.05) is 0 Å². The third-order valence-electron chi connectivity index (χ3n) is 4.61. The lowest BCUT2D eigenvalue weighted by atomic mass is 9.86. The lowest BCUT2D eigenvalue weighted by Gasteiger charge is -2.29. The molecule has 1 atom stereocenters. The first-order chi connectivity index (χ1) is 13.2. The van der Waals surface area contributed by atoms with E-state index in [9.17, 15) is 9.90 Å². The molecule has 5 nitrogen and oxygen atoms in total. The third-order valence-corrected chi connectivity index (χ3v) is 6.04. The van der Waals surface area contributed by atoms with E-state index < -0.39 is 0 Å². The van der Waals surface area contributed by atoms with Gasteiger partial charge in [0.15, 0.2) is 0 Å². The van der Waals surface area contributed by atoms with Gasteiger partial charge in [0.1, 0.15) is 5.75 Å². The van der Waals surface area contributed by atoms with Crippen molar-refractivity contribution in [3.63, 3.8) is 0 Å². The van der Waals surface area contributed by atoms with Crippen LogP contribution in [0.15, 0.2) is 12.1 Å². The molecule has 0 aliphatic carbocycles. The summed E-state index contributed by atoms with van der Waals surface area (Å²) in [5.41, 5.74) is 0.817. The van der Waals surface area contributed by atoms with Gasteiger partial charge in [-0.3, -0.25) is 9.93 Å². The van der Waals surface area contributed by atoms with Crippen LogP contribution >= 0.6 is 35.1 Å². The summed E-state index contributed by atoms with van der Waals surface area (Å²) in [6.45, 7) is 9.08. The van der Waals surface area contributed by atoms with Crippen LogP contribution in [0.5, 0.6) is 5.75 Å². The fourth-order valence-corrected chi connectivity index (χ4v) is 3.12. The maximum atomic E-state index is 10.4. The summed E-state index contributed by atoms with van der Waals surface area (Å²) in [6.07, 6.45) is 4.60. The van der Waals surface area contributed by atoms with Crippen LogP contribution in [0, 0.1) is 11.8 Å². The van der Waals surface area contributed by atoms with Crippen molar-refractivity contribution >= 4 is 41.6 Å². The number of halogens is 2. The normalized spacial score (nSPS) is 15.2. The highest BCUT2D eigenvalue weighted by molar-refractivity contribution is 7.98. The Labute approximate surface area is 183 Å². The number of benzene rings is 1. The zero-order valence-corrected chi connectivity index (χ0v) is 19.3. The van der Waals surface area contributed by atoms with E-state index in [-0.39, 0.29) is 10.5 Å². The van der Waals surface area contributed by atoms with E-state index in [2.05, 4.69) is 31.4 Å². The number of carbonyl (C=O) groups is 1. The quantitative estimate of drug-likeness (QED) is 0.255. The monoisotopic (exact) mass is 449 g/mol. The first-order valence-electron chi connectivity index (χ1n) is 9.58. The number of phenolic OH excluding ortho intramolecular Hbond substituents is 1. The maximum Gasteiger partial charge on any atom is 0.207 e. The summed E-state index contributed by atoms with van der Waals surface area (Å²) in [7, 11) is 0. The molecule has 0 saturated carbocycles. The van der Waals surface area contributed by atoms with Crippen molar-refractivity contribution < 1.29 is 9.90 Å². The fraction of sp³-hybridized carbons (Fsp3) is 0.650. The molecule has 0 radical (unpaired) electrons. The minimum atomic E-state index is 0.188. The molecule has 28 heavy (non-hydrogen) atoms. The minimum absolute atomic E-state index is 0.188. The predicted molar refractivity (Wildman–Crippen MR) is 121 cm³/mol. The molecule has 0 bridgehead atoms. The molecule has 0 aromatic heterocycles. The number of nitrogens with two attached hydrogens (primary N) is 1. The number of amides is 1. The SMILES string of the molecule is CC(C)(C)SN.O=CNCCC(CCC1CNC1)Cc1cc(Cl)c(Cl)cc1O. The van der Waals surface area contributed by atoms with Gasteiger partial charge in [-0.1, -0.05) is 35.1 Å². The lowest BCUT2D eigenvalue weighted by Crippen LogP contribution is -2.42. The summed E-state index contributed by atoms with van der Waals surface area (Å²) >= 11 is 13.3. The number of phenols is 1. The van der Waals surface area contributed by atoms with Crippen LogP contribution in [0.2, 0.25) is 10.0 Å². The Morgan fingerprint density at radius 1 is 1.32 bits per heavy atom. The Balaban J connectivity index is 0.000000568. The summed E-state index contributed by atoms with van der Waals surface area (Å²) in [5, 5.41) is 22.1. The lowest BCUT2D eigenvalue weighted by molar-refractivity contribution is -0.109. The van der Waals surface area contributed by atoms with Crippen LogP contribution in [0.4, 0.5) is 0 Å². The molecule has 2 rings (SSSR count). The van der Waals surface area contributed by atoms with Gasteiger partial charge in [-0.05, 0) is 83.0 Å². The van der Waals surface area contributed by atoms with Crippen LogP contribution in [-0.4, -0.2) is 35.9 Å². The third kappa shape index (κ3) is 10.2. The molecule has 1 unspecified atom stereocenters. The molecule has 1 aromatic carbocycles. The zero-order valence-electron chi connectivity index (χ0n) is 16.9. The summed E-state index contributed by atoms with van der Waals surface area (Å²) < 4.78 is 0.236. The number of aromatic hydroxyl groups is 1. The van der Waals surface area contributed by atoms with Gasteiger partial charge < -0.3 is 15.7 Å². The van der Waals surface area contributed by atoms with Crippen molar-refractivity contribution in [3.8, 4) is 5.75 Å². The number of carbonyl (C=O) groups excluding carboxylic acids is 1. The molecule has 1 aliphatic rings. The van der Waals surface area contributed by atoms with Crippen molar-refractivity contribution in [2.45, 2.75) is 51.2 Å². The van der Waals surface area contributed by atoms with E-state index in [4.69, 9.17) is 28.3 Å². The molecule has 5 N–H and O–H groups in total. The van der Waals surface area contributed by atoms with E-state index in [1.54, 1.807) is 6.07 Å². The molecule has 1 aliphatic heterocycles. The molecule has 160 valence electrons. The number of hydrogen-bond donors (Lipinski definition) is 4. The molecule has 1 heterocycles. The van der Waals surface area contributed by atoms with Crippen LogP contribution in [0.25, 0.3) is 0 Å². The van der Waals surface area contributed by atoms with Gasteiger partial charge >= 0.3 is 0 Å². The Morgan fingerprint density at radius 2 is 1.93 bits per heavy atom. The van der Waals surface area contributed by atoms with Crippen molar-refractivity contribution in [2.75, 3.05) is 19.6 Å². The average Bonchev–Trinajstić information content (AvgIpc) is 2.58. The Morgan fingerprint density at radius 3 is 2.43 bits per heavy atom. The minimum Gasteiger partial charge on any atom is -0.508 e. The molecule has 0 spiro atoms. The largest absolute Gasteiger partial charge is 0.508 e. The van der Waals surface area contributed by atoms with Crippen molar-refractivity contribution in [1.82, 2.24) is 10.6 Å². The van der Waals surface area contributed by atoms with Gasteiger partial charge in [0.2, 0.25) is 6.41 Å². The zero-order chi connectivity index (χ0) is 21.2. The number of hydrogen-bond acceptors (Lipinski definition) is 5. The highest BCUT2D eigenvalue weighted by Crippen LogP contribution is 2.33. The molecule has 1 aromatic rings. The van der Waals surface area contributed by atoms with Gasteiger partial charge in [0, 0.05) is 17.4 Å². The first-order valence-corrected chi connectivity index (χ1v) is 11.2. The number of nitrogens with one attached hydrogen (secondary N) is 2. The van der Waals surface area contributed by atoms with Crippen LogP contribution in [0.1, 0.15) is 45.6 Å². The van der Waals surface area contributed by atoms with Gasteiger partial charge in [-0.15, -0.1) is 0 Å². The van der Waals surface area contributed by atoms with Gasteiger partial charge in [0.05, 0.1) is 10.0 Å². The second kappa shape index (κ2) is 12.8. The molecular formula is C20H33Cl2N3O2S. The first kappa shape index (κ1) is 25.4. The van der Waals surface area contributed by atoms with Gasteiger partial charge in [0.25, 0.3) is 0 Å². The second-order valence-corrected chi connectivity index (χ2v) is 10.4. The van der Waals surface area contributed by atoms with Crippen LogP contribution in [0.3, 0.4) is 0 Å². The topological polar surface area (TPSA) is 87.4 Å². The Kier molecular flexibility index (Phi) is 11.6. The van der Waals surface area contributed by atoms with Crippen LogP contribution < -0.4 is 15.8 Å². The highest BCUT2D eigenvalue weighted by atomic mass is 35.5. The Hall–Kier alpha value is -0.660.